The van der Waals surface area contributed by atoms with Crippen molar-refractivity contribution in [2.45, 2.75) is 63.6 Å². The Morgan fingerprint density at radius 2 is 1.89 bits per heavy atom. The fraction of sp³-hybridized carbons (Fsp3) is 0.556. The van der Waals surface area contributed by atoms with E-state index in [1.807, 2.05) is 37.3 Å². The first-order chi connectivity index (χ1) is 17.9. The molecule has 2 heterocycles. The zero-order valence-corrected chi connectivity index (χ0v) is 21.6. The molecule has 3 rings (SSSR count). The summed E-state index contributed by atoms with van der Waals surface area (Å²) >= 11 is 0. The molecule has 37 heavy (non-hydrogen) atoms. The summed E-state index contributed by atoms with van der Waals surface area (Å²) < 4.78 is 10.3. The Bertz CT molecular complexity index is 945. The molecular formula is C27H38N4O6. The number of amides is 4. The lowest BCUT2D eigenvalue weighted by molar-refractivity contribution is -0.161. The van der Waals surface area contributed by atoms with Gasteiger partial charge < -0.3 is 29.9 Å². The van der Waals surface area contributed by atoms with Crippen molar-refractivity contribution in [3.8, 4) is 0 Å². The van der Waals surface area contributed by atoms with Crippen LogP contribution in [-0.2, 0) is 25.7 Å². The van der Waals surface area contributed by atoms with Gasteiger partial charge in [-0.3, -0.25) is 9.59 Å². The van der Waals surface area contributed by atoms with E-state index in [2.05, 4.69) is 17.2 Å². The minimum Gasteiger partial charge on any atom is -0.445 e. The van der Waals surface area contributed by atoms with Crippen LogP contribution in [0.15, 0.2) is 43.0 Å². The number of hydrogen-bond donors (Lipinski definition) is 2. The molecule has 2 saturated heterocycles. The zero-order chi connectivity index (χ0) is 26.7. The van der Waals surface area contributed by atoms with E-state index in [0.29, 0.717) is 58.3 Å². The highest BCUT2D eigenvalue weighted by atomic mass is 16.6. The monoisotopic (exact) mass is 514 g/mol. The van der Waals surface area contributed by atoms with Crippen LogP contribution in [0.1, 0.15) is 51.0 Å². The second-order valence-corrected chi connectivity index (χ2v) is 9.38. The van der Waals surface area contributed by atoms with Crippen molar-refractivity contribution in [3.05, 3.63) is 48.6 Å². The third-order valence-corrected chi connectivity index (χ3v) is 6.83. The highest BCUT2D eigenvalue weighted by Gasteiger charge is 2.53. The van der Waals surface area contributed by atoms with E-state index >= 15 is 0 Å². The second-order valence-electron chi connectivity index (χ2n) is 9.38. The molecule has 4 amide bonds. The molecule has 1 unspecified atom stereocenters. The summed E-state index contributed by atoms with van der Waals surface area (Å²) in [5.41, 5.74) is -0.0278. The summed E-state index contributed by atoms with van der Waals surface area (Å²) in [5, 5.41) is 5.66. The number of alkyl carbamates (subject to hydrolysis) is 1. The number of ether oxygens (including phenoxy) is 2. The largest absolute Gasteiger partial charge is 0.445 e. The molecule has 2 aliphatic rings. The highest BCUT2D eigenvalue weighted by molar-refractivity contribution is 6.00. The second kappa shape index (κ2) is 13.7. The van der Waals surface area contributed by atoms with E-state index in [-0.39, 0.29) is 25.0 Å². The number of rotatable bonds is 11. The number of carbonyl (C=O) groups excluding carboxylic acids is 4. The Hall–Kier alpha value is -3.56. The van der Waals surface area contributed by atoms with Gasteiger partial charge in [0.25, 0.3) is 0 Å². The molecule has 1 atom stereocenters. The van der Waals surface area contributed by atoms with E-state index in [4.69, 9.17) is 9.47 Å². The minimum atomic E-state index is -0.942. The summed E-state index contributed by atoms with van der Waals surface area (Å²) in [7, 11) is 0. The fourth-order valence-corrected chi connectivity index (χ4v) is 4.84. The lowest BCUT2D eigenvalue weighted by Gasteiger charge is -2.51. The minimum absolute atomic E-state index is 0.0839. The summed E-state index contributed by atoms with van der Waals surface area (Å²) in [6, 6.07) is 8.85. The first-order valence-electron chi connectivity index (χ1n) is 13.0. The number of nitrogens with zero attached hydrogens (tertiary/aromatic N) is 2. The van der Waals surface area contributed by atoms with Gasteiger partial charge in [-0.15, -0.1) is 0 Å². The van der Waals surface area contributed by atoms with Crippen molar-refractivity contribution < 1.29 is 28.7 Å². The van der Waals surface area contributed by atoms with Crippen LogP contribution in [0.5, 0.6) is 0 Å². The summed E-state index contributed by atoms with van der Waals surface area (Å²) in [4.78, 5) is 54.1. The lowest BCUT2D eigenvalue weighted by Crippen LogP contribution is -2.73. The molecule has 0 bridgehead atoms. The third-order valence-electron chi connectivity index (χ3n) is 6.83. The maximum Gasteiger partial charge on any atom is 0.410 e. The first-order valence-corrected chi connectivity index (χ1v) is 13.0. The lowest BCUT2D eigenvalue weighted by atomic mass is 9.81. The van der Waals surface area contributed by atoms with Gasteiger partial charge >= 0.3 is 12.2 Å². The molecule has 2 fully saturated rings. The molecule has 0 saturated carbocycles. The van der Waals surface area contributed by atoms with E-state index in [1.54, 1.807) is 9.80 Å². The fourth-order valence-electron chi connectivity index (χ4n) is 4.84. The van der Waals surface area contributed by atoms with Gasteiger partial charge in [-0.2, -0.15) is 0 Å². The molecule has 202 valence electrons. The molecule has 0 aliphatic carbocycles. The van der Waals surface area contributed by atoms with Crippen LogP contribution in [0.25, 0.3) is 0 Å². The molecule has 0 radical (unpaired) electrons. The molecule has 10 nitrogen and oxygen atoms in total. The standard InChI is InChI=1S/C27H38N4O6/c1-3-16-31-23(32)22(12-8-9-15-28-25(34)37-20-21-10-6-5-7-11-21)29-24(33)27(31)13-17-30(18-14-27)26(35)36-19-4-2/h4-7,10-11,22H,2-3,8-9,12-20H2,1H3,(H,28,34)(H,29,33). The molecule has 2 aliphatic heterocycles. The Morgan fingerprint density at radius 1 is 1.16 bits per heavy atom. The third kappa shape index (κ3) is 7.24. The van der Waals surface area contributed by atoms with Crippen LogP contribution in [0.4, 0.5) is 9.59 Å². The number of piperazine rings is 1. The van der Waals surface area contributed by atoms with Gasteiger partial charge in [0.1, 0.15) is 24.8 Å². The Labute approximate surface area is 218 Å². The van der Waals surface area contributed by atoms with Gasteiger partial charge in [-0.25, -0.2) is 9.59 Å². The van der Waals surface area contributed by atoms with Gasteiger partial charge in [0.05, 0.1) is 0 Å². The van der Waals surface area contributed by atoms with Crippen molar-refractivity contribution in [2.24, 2.45) is 0 Å². The average Bonchev–Trinajstić information content (AvgIpc) is 2.92. The summed E-state index contributed by atoms with van der Waals surface area (Å²) in [5.74, 6) is -0.244. The van der Waals surface area contributed by atoms with Gasteiger partial charge in [-0.1, -0.05) is 49.9 Å². The van der Waals surface area contributed by atoms with Crippen LogP contribution in [0.3, 0.4) is 0 Å². The van der Waals surface area contributed by atoms with Crippen molar-refractivity contribution in [3.63, 3.8) is 0 Å². The normalized spacial score (nSPS) is 18.8. The van der Waals surface area contributed by atoms with Crippen molar-refractivity contribution in [1.82, 2.24) is 20.4 Å². The number of benzene rings is 1. The maximum atomic E-state index is 13.4. The number of nitrogens with one attached hydrogen (secondary N) is 2. The SMILES string of the molecule is C=CCOC(=O)N1CCC2(CC1)C(=O)NC(CCCCNC(=O)OCc1ccccc1)C(=O)N2CCC. The number of unbranched alkanes of at least 4 members (excludes halogenated alkanes) is 1. The van der Waals surface area contributed by atoms with Gasteiger partial charge in [0, 0.05) is 26.2 Å². The first kappa shape index (κ1) is 28.0. The summed E-state index contributed by atoms with van der Waals surface area (Å²) in [6.07, 6.45) is 3.86. The predicted octanol–water partition coefficient (Wildman–Crippen LogP) is 2.98. The van der Waals surface area contributed by atoms with Crippen molar-refractivity contribution >= 4 is 24.0 Å². The molecule has 1 aromatic rings. The number of likely N-dealkylation sites (tertiary alicyclic amines) is 1. The molecular weight excluding hydrogens is 476 g/mol. The average molecular weight is 515 g/mol. The topological polar surface area (TPSA) is 117 Å². The molecule has 0 aromatic heterocycles. The van der Waals surface area contributed by atoms with Crippen LogP contribution in [-0.4, -0.2) is 78.2 Å². The van der Waals surface area contributed by atoms with Gasteiger partial charge in [0.15, 0.2) is 0 Å². The Morgan fingerprint density at radius 3 is 2.57 bits per heavy atom. The number of piperidine rings is 1. The van der Waals surface area contributed by atoms with Gasteiger partial charge in [0.2, 0.25) is 11.8 Å². The van der Waals surface area contributed by atoms with E-state index in [0.717, 1.165) is 12.0 Å². The Kier molecular flexibility index (Phi) is 10.3. The smallest absolute Gasteiger partial charge is 0.410 e. The molecule has 10 heteroatoms. The summed E-state index contributed by atoms with van der Waals surface area (Å²) in [6.45, 7) is 7.45. The predicted molar refractivity (Wildman–Crippen MR) is 137 cm³/mol. The van der Waals surface area contributed by atoms with Crippen LogP contribution < -0.4 is 10.6 Å². The molecule has 2 N–H and O–H groups in total. The highest BCUT2D eigenvalue weighted by Crippen LogP contribution is 2.34. The van der Waals surface area contributed by atoms with Crippen LogP contribution >= 0.6 is 0 Å². The number of hydrogen-bond acceptors (Lipinski definition) is 6. The van der Waals surface area contributed by atoms with Crippen molar-refractivity contribution in [2.75, 3.05) is 32.8 Å². The zero-order valence-electron chi connectivity index (χ0n) is 21.6. The Balaban J connectivity index is 1.45. The maximum absolute atomic E-state index is 13.4. The van der Waals surface area contributed by atoms with E-state index in [1.165, 1.54) is 6.08 Å². The quantitative estimate of drug-likeness (QED) is 0.346. The van der Waals surface area contributed by atoms with Gasteiger partial charge in [-0.05, 0) is 44.1 Å². The van der Waals surface area contributed by atoms with E-state index < -0.39 is 23.8 Å². The van der Waals surface area contributed by atoms with E-state index in [9.17, 15) is 19.2 Å². The van der Waals surface area contributed by atoms with Crippen LogP contribution in [0, 0.1) is 0 Å². The van der Waals surface area contributed by atoms with Crippen molar-refractivity contribution in [1.29, 1.82) is 0 Å². The molecule has 1 spiro atoms. The van der Waals surface area contributed by atoms with Crippen LogP contribution in [0.2, 0.25) is 0 Å². The number of carbonyl (C=O) groups is 4. The molecule has 1 aromatic carbocycles.